The van der Waals surface area contributed by atoms with E-state index in [1.807, 2.05) is 47.6 Å². The Hall–Kier alpha value is -3.22. The fourth-order valence-corrected chi connectivity index (χ4v) is 3.66. The molecule has 1 aliphatic heterocycles. The summed E-state index contributed by atoms with van der Waals surface area (Å²) in [6, 6.07) is 10.9. The lowest BCUT2D eigenvalue weighted by atomic mass is 10.2. The Morgan fingerprint density at radius 2 is 1.64 bits per heavy atom. The normalized spacial score (nSPS) is 14.5. The highest BCUT2D eigenvalue weighted by atomic mass is 16.2. The molecule has 3 heterocycles. The Morgan fingerprint density at radius 3 is 2.32 bits per heavy atom. The van der Waals surface area contributed by atoms with Crippen LogP contribution in [0.2, 0.25) is 0 Å². The molecule has 1 aliphatic rings. The highest BCUT2D eigenvalue weighted by Crippen LogP contribution is 2.17. The third kappa shape index (κ3) is 3.60. The van der Waals surface area contributed by atoms with Crippen molar-refractivity contribution in [3.05, 3.63) is 64.2 Å². The number of carbonyl (C=O) groups excluding carboxylic acids is 1. The number of benzene rings is 1. The first kappa shape index (κ1) is 18.2. The molecule has 1 saturated heterocycles. The largest absolute Gasteiger partial charge is 0.352 e. The number of hydrogen-bond donors (Lipinski definition) is 0. The Morgan fingerprint density at radius 1 is 1.00 bits per heavy atom. The number of para-hydroxylation sites is 2. The van der Waals surface area contributed by atoms with E-state index in [0.29, 0.717) is 13.1 Å². The van der Waals surface area contributed by atoms with Gasteiger partial charge in [-0.2, -0.15) is 0 Å². The molecule has 3 aromatic rings. The van der Waals surface area contributed by atoms with Crippen LogP contribution in [0.3, 0.4) is 0 Å². The summed E-state index contributed by atoms with van der Waals surface area (Å²) in [6.45, 7) is 6.71. The maximum absolute atomic E-state index is 12.8. The topological polar surface area (TPSA) is 71.3 Å². The van der Waals surface area contributed by atoms with Crippen molar-refractivity contribution in [1.82, 2.24) is 19.4 Å². The van der Waals surface area contributed by atoms with Crippen LogP contribution >= 0.6 is 0 Å². The Kier molecular flexibility index (Phi) is 4.81. The highest BCUT2D eigenvalue weighted by Gasteiger charge is 2.23. The number of anilines is 1. The van der Waals surface area contributed by atoms with Crippen molar-refractivity contribution in [3.63, 3.8) is 0 Å². The maximum atomic E-state index is 12.8. The molecule has 1 amide bonds. The summed E-state index contributed by atoms with van der Waals surface area (Å²) < 4.78 is 1.89. The number of rotatable bonds is 3. The van der Waals surface area contributed by atoms with Crippen molar-refractivity contribution in [2.24, 2.45) is 0 Å². The molecule has 1 fully saturated rings. The van der Waals surface area contributed by atoms with E-state index < -0.39 is 0 Å². The van der Waals surface area contributed by atoms with Gasteiger partial charge in [-0.1, -0.05) is 12.1 Å². The van der Waals surface area contributed by atoms with Crippen LogP contribution < -0.4 is 10.3 Å². The quantitative estimate of drug-likeness (QED) is 0.696. The summed E-state index contributed by atoms with van der Waals surface area (Å²) in [7, 11) is 0. The van der Waals surface area contributed by atoms with Gasteiger partial charge in [-0.25, -0.2) is 4.98 Å². The SMILES string of the molecule is Cc1cc(=O)cc(C)n1CC(=O)N1CCN(c2cnc3ccccc3n2)CC1. The molecule has 144 valence electrons. The zero-order valence-corrected chi connectivity index (χ0v) is 16.1. The molecule has 7 heteroatoms. The van der Waals surface area contributed by atoms with E-state index in [2.05, 4.69) is 9.88 Å². The van der Waals surface area contributed by atoms with Crippen molar-refractivity contribution in [1.29, 1.82) is 0 Å². The van der Waals surface area contributed by atoms with Crippen LogP contribution in [-0.4, -0.2) is 51.5 Å². The molecule has 0 radical (unpaired) electrons. The molecule has 28 heavy (non-hydrogen) atoms. The standard InChI is InChI=1S/C21H23N5O2/c1-15-11-17(27)12-16(2)26(15)14-21(28)25-9-7-24(8-10-25)20-13-22-18-5-3-4-6-19(18)23-20/h3-6,11-13H,7-10,14H2,1-2H3. The fraction of sp³-hybridized carbons (Fsp3) is 0.333. The van der Waals surface area contributed by atoms with Gasteiger partial charge in [0.1, 0.15) is 12.4 Å². The van der Waals surface area contributed by atoms with Crippen LogP contribution in [0.15, 0.2) is 47.4 Å². The number of pyridine rings is 1. The first-order chi connectivity index (χ1) is 13.5. The highest BCUT2D eigenvalue weighted by molar-refractivity contribution is 5.77. The van der Waals surface area contributed by atoms with Crippen LogP contribution in [-0.2, 0) is 11.3 Å². The van der Waals surface area contributed by atoms with Crippen molar-refractivity contribution in [2.75, 3.05) is 31.1 Å². The number of aromatic nitrogens is 3. The van der Waals surface area contributed by atoms with Gasteiger partial charge in [0.15, 0.2) is 5.43 Å². The average Bonchev–Trinajstić information content (AvgIpc) is 2.70. The zero-order chi connectivity index (χ0) is 19.7. The molecule has 0 atom stereocenters. The third-order valence-corrected chi connectivity index (χ3v) is 5.24. The van der Waals surface area contributed by atoms with Gasteiger partial charge in [-0.15, -0.1) is 0 Å². The van der Waals surface area contributed by atoms with Crippen LogP contribution in [0.25, 0.3) is 11.0 Å². The summed E-state index contributed by atoms with van der Waals surface area (Å²) in [5.74, 6) is 0.914. The monoisotopic (exact) mass is 377 g/mol. The van der Waals surface area contributed by atoms with E-state index in [0.717, 1.165) is 41.3 Å². The summed E-state index contributed by atoms with van der Waals surface area (Å²) in [6.07, 6.45) is 1.80. The zero-order valence-electron chi connectivity index (χ0n) is 16.1. The molecular formula is C21H23N5O2. The van der Waals surface area contributed by atoms with Gasteiger partial charge in [0.2, 0.25) is 5.91 Å². The Bertz CT molecular complexity index is 1060. The maximum Gasteiger partial charge on any atom is 0.242 e. The molecule has 0 spiro atoms. The molecule has 0 N–H and O–H groups in total. The number of carbonyl (C=O) groups is 1. The number of hydrogen-bond acceptors (Lipinski definition) is 5. The van der Waals surface area contributed by atoms with Crippen LogP contribution in [0.4, 0.5) is 5.82 Å². The van der Waals surface area contributed by atoms with Crippen molar-refractivity contribution < 1.29 is 4.79 Å². The number of piperazine rings is 1. The van der Waals surface area contributed by atoms with Crippen molar-refractivity contribution in [2.45, 2.75) is 20.4 Å². The molecule has 2 aromatic heterocycles. The predicted octanol–water partition coefficient (Wildman–Crippen LogP) is 1.76. The molecule has 0 bridgehead atoms. The van der Waals surface area contributed by atoms with Gasteiger partial charge in [-0.3, -0.25) is 14.6 Å². The summed E-state index contributed by atoms with van der Waals surface area (Å²) in [4.78, 5) is 37.5. The summed E-state index contributed by atoms with van der Waals surface area (Å²) >= 11 is 0. The van der Waals surface area contributed by atoms with Gasteiger partial charge < -0.3 is 14.4 Å². The summed E-state index contributed by atoms with van der Waals surface area (Å²) in [5.41, 5.74) is 3.35. The van der Waals surface area contributed by atoms with Gasteiger partial charge in [0, 0.05) is 49.7 Å². The number of aryl methyl sites for hydroxylation is 2. The lowest BCUT2D eigenvalue weighted by Gasteiger charge is -2.35. The molecule has 0 unspecified atom stereocenters. The van der Waals surface area contributed by atoms with E-state index in [4.69, 9.17) is 4.98 Å². The van der Waals surface area contributed by atoms with Gasteiger partial charge in [0.25, 0.3) is 0 Å². The van der Waals surface area contributed by atoms with E-state index in [-0.39, 0.29) is 17.9 Å². The molecule has 7 nitrogen and oxygen atoms in total. The second-order valence-corrected chi connectivity index (χ2v) is 7.14. The molecule has 1 aromatic carbocycles. The predicted molar refractivity (Wildman–Crippen MR) is 109 cm³/mol. The Labute approximate surface area is 163 Å². The van der Waals surface area contributed by atoms with E-state index in [1.165, 1.54) is 0 Å². The third-order valence-electron chi connectivity index (χ3n) is 5.24. The second kappa shape index (κ2) is 7.42. The minimum atomic E-state index is -0.0243. The smallest absolute Gasteiger partial charge is 0.242 e. The minimum Gasteiger partial charge on any atom is -0.352 e. The number of fused-ring (bicyclic) bond motifs is 1. The molecular weight excluding hydrogens is 354 g/mol. The van der Waals surface area contributed by atoms with Gasteiger partial charge >= 0.3 is 0 Å². The van der Waals surface area contributed by atoms with E-state index in [9.17, 15) is 9.59 Å². The average molecular weight is 377 g/mol. The molecule has 0 aliphatic carbocycles. The van der Waals surface area contributed by atoms with Crippen LogP contribution in [0.1, 0.15) is 11.4 Å². The van der Waals surface area contributed by atoms with Crippen molar-refractivity contribution >= 4 is 22.8 Å². The molecule has 0 saturated carbocycles. The van der Waals surface area contributed by atoms with Crippen LogP contribution in [0.5, 0.6) is 0 Å². The van der Waals surface area contributed by atoms with Crippen molar-refractivity contribution in [3.8, 4) is 0 Å². The minimum absolute atomic E-state index is 0.0243. The second-order valence-electron chi connectivity index (χ2n) is 7.14. The lowest BCUT2D eigenvalue weighted by molar-refractivity contribution is -0.132. The lowest BCUT2D eigenvalue weighted by Crippen LogP contribution is -2.50. The number of amides is 1. The molecule has 4 rings (SSSR count). The van der Waals surface area contributed by atoms with Gasteiger partial charge in [-0.05, 0) is 26.0 Å². The van der Waals surface area contributed by atoms with E-state index in [1.54, 1.807) is 18.3 Å². The number of nitrogens with zero attached hydrogens (tertiary/aromatic N) is 5. The van der Waals surface area contributed by atoms with Crippen LogP contribution in [0, 0.1) is 13.8 Å². The fourth-order valence-electron chi connectivity index (χ4n) is 3.66. The summed E-state index contributed by atoms with van der Waals surface area (Å²) in [5, 5.41) is 0. The Balaban J connectivity index is 1.42. The van der Waals surface area contributed by atoms with Gasteiger partial charge in [0.05, 0.1) is 17.2 Å². The first-order valence-electron chi connectivity index (χ1n) is 9.44. The van der Waals surface area contributed by atoms with E-state index >= 15 is 0 Å². The first-order valence-corrected chi connectivity index (χ1v) is 9.44.